The number of anilines is 2. The summed E-state index contributed by atoms with van der Waals surface area (Å²) in [7, 11) is 0. The molecule has 0 heterocycles. The maximum Gasteiger partial charge on any atom is 0.255 e. The first-order valence-electron chi connectivity index (χ1n) is 9.53. The average molecular weight is 381 g/mol. The Morgan fingerprint density at radius 1 is 0.821 bits per heavy atom. The molecule has 0 saturated heterocycles. The van der Waals surface area contributed by atoms with Crippen LogP contribution < -0.4 is 10.6 Å². The van der Waals surface area contributed by atoms with Gasteiger partial charge < -0.3 is 15.5 Å². The quantitative estimate of drug-likeness (QED) is 0.721. The maximum atomic E-state index is 12.7. The van der Waals surface area contributed by atoms with Gasteiger partial charge in [0.2, 0.25) is 5.91 Å². The molecule has 148 valence electrons. The summed E-state index contributed by atoms with van der Waals surface area (Å²) in [5, 5.41) is 5.48. The molecule has 0 aliphatic rings. The van der Waals surface area contributed by atoms with Crippen molar-refractivity contribution in [1.29, 1.82) is 0 Å². The Bertz CT molecular complexity index is 825. The number of amides is 3. The van der Waals surface area contributed by atoms with E-state index < -0.39 is 0 Å². The first kappa shape index (κ1) is 21.2. The minimum atomic E-state index is -0.292. The fourth-order valence-corrected chi connectivity index (χ4v) is 2.87. The van der Waals surface area contributed by atoms with Gasteiger partial charge in [-0.2, -0.15) is 0 Å². The molecular weight excluding hydrogens is 354 g/mol. The normalized spacial score (nSPS) is 10.2. The third-order valence-electron chi connectivity index (χ3n) is 4.11. The van der Waals surface area contributed by atoms with Gasteiger partial charge in [0.1, 0.15) is 0 Å². The van der Waals surface area contributed by atoms with Crippen LogP contribution in [-0.2, 0) is 4.79 Å². The number of hydrogen-bond donors (Lipinski definition) is 2. The lowest BCUT2D eigenvalue weighted by atomic mass is 10.1. The Kier molecular flexibility index (Phi) is 7.75. The van der Waals surface area contributed by atoms with Gasteiger partial charge in [0.15, 0.2) is 0 Å². The Morgan fingerprint density at radius 2 is 1.36 bits per heavy atom. The Balaban J connectivity index is 2.11. The number of hydrogen-bond acceptors (Lipinski definition) is 3. The molecule has 0 fully saturated rings. The molecule has 0 unspecified atom stereocenters. The van der Waals surface area contributed by atoms with Crippen LogP contribution in [0.4, 0.5) is 11.4 Å². The highest BCUT2D eigenvalue weighted by Crippen LogP contribution is 2.16. The van der Waals surface area contributed by atoms with E-state index in [2.05, 4.69) is 10.6 Å². The number of benzene rings is 2. The summed E-state index contributed by atoms with van der Waals surface area (Å²) in [6, 6.07) is 13.6. The second kappa shape index (κ2) is 10.3. The van der Waals surface area contributed by atoms with E-state index in [4.69, 9.17) is 0 Å². The topological polar surface area (TPSA) is 78.5 Å². The summed E-state index contributed by atoms with van der Waals surface area (Å²) in [6.07, 6.45) is 1.78. The van der Waals surface area contributed by atoms with Crippen LogP contribution in [0.25, 0.3) is 0 Å². The van der Waals surface area contributed by atoms with E-state index in [1.54, 1.807) is 48.5 Å². The zero-order valence-electron chi connectivity index (χ0n) is 16.6. The van der Waals surface area contributed by atoms with Crippen LogP contribution in [0.5, 0.6) is 0 Å². The van der Waals surface area contributed by atoms with Gasteiger partial charge in [0, 0.05) is 42.5 Å². The van der Waals surface area contributed by atoms with Crippen molar-refractivity contribution in [2.45, 2.75) is 33.6 Å². The van der Waals surface area contributed by atoms with Crippen LogP contribution in [0, 0.1) is 0 Å². The molecule has 2 rings (SSSR count). The molecule has 2 aromatic rings. The zero-order valence-corrected chi connectivity index (χ0v) is 16.6. The van der Waals surface area contributed by atoms with Crippen molar-refractivity contribution < 1.29 is 14.4 Å². The highest BCUT2D eigenvalue weighted by atomic mass is 16.2. The van der Waals surface area contributed by atoms with Gasteiger partial charge in [-0.25, -0.2) is 0 Å². The fourth-order valence-electron chi connectivity index (χ4n) is 2.87. The van der Waals surface area contributed by atoms with Gasteiger partial charge in [0.25, 0.3) is 11.8 Å². The summed E-state index contributed by atoms with van der Waals surface area (Å²) in [4.78, 5) is 38.2. The summed E-state index contributed by atoms with van der Waals surface area (Å²) in [5.74, 6) is -0.504. The van der Waals surface area contributed by atoms with Gasteiger partial charge >= 0.3 is 0 Å². The second-order valence-electron chi connectivity index (χ2n) is 6.59. The van der Waals surface area contributed by atoms with Gasteiger partial charge in [-0.15, -0.1) is 0 Å². The molecule has 6 heteroatoms. The first-order valence-corrected chi connectivity index (χ1v) is 9.53. The first-order chi connectivity index (χ1) is 13.4. The Hall–Kier alpha value is -3.15. The lowest BCUT2D eigenvalue weighted by Crippen LogP contribution is -2.32. The number of carbonyl (C=O) groups is 3. The molecule has 3 amide bonds. The molecule has 0 spiro atoms. The number of nitrogens with one attached hydrogen (secondary N) is 2. The van der Waals surface area contributed by atoms with Crippen LogP contribution in [0.1, 0.15) is 54.3 Å². The number of nitrogens with zero attached hydrogens (tertiary/aromatic N) is 1. The van der Waals surface area contributed by atoms with Crippen molar-refractivity contribution in [3.05, 3.63) is 59.7 Å². The third kappa shape index (κ3) is 5.94. The Morgan fingerprint density at radius 3 is 1.89 bits per heavy atom. The molecule has 0 aromatic heterocycles. The minimum absolute atomic E-state index is 0.0574. The Labute approximate surface area is 165 Å². The fraction of sp³-hybridized carbons (Fsp3) is 0.318. The van der Waals surface area contributed by atoms with Gasteiger partial charge in [-0.05, 0) is 55.3 Å². The van der Waals surface area contributed by atoms with Crippen molar-refractivity contribution in [2.24, 2.45) is 0 Å². The third-order valence-corrected chi connectivity index (χ3v) is 4.11. The van der Waals surface area contributed by atoms with Crippen molar-refractivity contribution in [3.63, 3.8) is 0 Å². The van der Waals surface area contributed by atoms with Crippen molar-refractivity contribution in [2.75, 3.05) is 23.7 Å². The summed E-state index contributed by atoms with van der Waals surface area (Å²) < 4.78 is 0. The van der Waals surface area contributed by atoms with Crippen molar-refractivity contribution in [3.8, 4) is 0 Å². The standard InChI is InChI=1S/C22H27N3O3/c1-4-13-25(14-5-2)22(28)18-8-6-7-17(15-18)21(27)24-20-11-9-19(10-12-20)23-16(3)26/h6-12,15H,4-5,13-14H2,1-3H3,(H,23,26)(H,24,27). The van der Waals surface area contributed by atoms with Crippen LogP contribution >= 0.6 is 0 Å². The predicted molar refractivity (Wildman–Crippen MR) is 112 cm³/mol. The highest BCUT2D eigenvalue weighted by Gasteiger charge is 2.16. The van der Waals surface area contributed by atoms with E-state index in [9.17, 15) is 14.4 Å². The minimum Gasteiger partial charge on any atom is -0.339 e. The molecule has 0 aliphatic carbocycles. The van der Waals surface area contributed by atoms with Crippen LogP contribution in [-0.4, -0.2) is 35.7 Å². The molecule has 0 radical (unpaired) electrons. The SMILES string of the molecule is CCCN(CCC)C(=O)c1cccc(C(=O)Nc2ccc(NC(C)=O)cc2)c1. The van der Waals surface area contributed by atoms with E-state index >= 15 is 0 Å². The number of rotatable bonds is 8. The second-order valence-corrected chi connectivity index (χ2v) is 6.59. The van der Waals surface area contributed by atoms with E-state index in [1.165, 1.54) is 6.92 Å². The molecule has 2 N–H and O–H groups in total. The van der Waals surface area contributed by atoms with E-state index in [1.807, 2.05) is 18.7 Å². The smallest absolute Gasteiger partial charge is 0.255 e. The molecule has 6 nitrogen and oxygen atoms in total. The molecule has 0 bridgehead atoms. The van der Waals surface area contributed by atoms with Crippen LogP contribution in [0.3, 0.4) is 0 Å². The van der Waals surface area contributed by atoms with E-state index in [0.29, 0.717) is 35.6 Å². The molecule has 2 aromatic carbocycles. The predicted octanol–water partition coefficient (Wildman–Crippen LogP) is 4.16. The lowest BCUT2D eigenvalue weighted by molar-refractivity contribution is -0.114. The summed E-state index contributed by atoms with van der Waals surface area (Å²) in [5.41, 5.74) is 2.19. The van der Waals surface area contributed by atoms with Gasteiger partial charge in [0.05, 0.1) is 0 Å². The number of carbonyl (C=O) groups excluding carboxylic acids is 3. The van der Waals surface area contributed by atoms with Gasteiger partial charge in [-0.1, -0.05) is 19.9 Å². The van der Waals surface area contributed by atoms with Gasteiger partial charge in [-0.3, -0.25) is 14.4 Å². The van der Waals surface area contributed by atoms with Crippen molar-refractivity contribution >= 4 is 29.1 Å². The summed E-state index contributed by atoms with van der Waals surface area (Å²) >= 11 is 0. The molecule has 0 saturated carbocycles. The van der Waals surface area contributed by atoms with Crippen LogP contribution in [0.2, 0.25) is 0 Å². The highest BCUT2D eigenvalue weighted by molar-refractivity contribution is 6.06. The molecule has 28 heavy (non-hydrogen) atoms. The largest absolute Gasteiger partial charge is 0.339 e. The summed E-state index contributed by atoms with van der Waals surface area (Å²) in [6.45, 7) is 6.91. The molecular formula is C22H27N3O3. The van der Waals surface area contributed by atoms with Crippen LogP contribution in [0.15, 0.2) is 48.5 Å². The maximum absolute atomic E-state index is 12.7. The van der Waals surface area contributed by atoms with Crippen molar-refractivity contribution in [1.82, 2.24) is 4.90 Å². The molecule has 0 aliphatic heterocycles. The lowest BCUT2D eigenvalue weighted by Gasteiger charge is -2.21. The van der Waals surface area contributed by atoms with E-state index in [-0.39, 0.29) is 17.7 Å². The monoisotopic (exact) mass is 381 g/mol. The zero-order chi connectivity index (χ0) is 20.5. The molecule has 0 atom stereocenters. The average Bonchev–Trinajstić information content (AvgIpc) is 2.68. The van der Waals surface area contributed by atoms with E-state index in [0.717, 1.165) is 12.8 Å².